The minimum atomic E-state index is -0.758. The van der Waals surface area contributed by atoms with Crippen LogP contribution in [0.15, 0.2) is 59.7 Å². The molecule has 6 aliphatic carbocycles. The summed E-state index contributed by atoms with van der Waals surface area (Å²) in [5.41, 5.74) is 9.10. The van der Waals surface area contributed by atoms with Crippen molar-refractivity contribution in [1.82, 2.24) is 0 Å². The summed E-state index contributed by atoms with van der Waals surface area (Å²) < 4.78 is 6.62. The van der Waals surface area contributed by atoms with E-state index < -0.39 is 28.6 Å². The Hall–Kier alpha value is -3.00. The van der Waals surface area contributed by atoms with Gasteiger partial charge in [-0.15, -0.1) is 0 Å². The molecule has 2 aromatic rings. The second kappa shape index (κ2) is 14.0. The molecule has 2 aromatic carbocycles. The van der Waals surface area contributed by atoms with Crippen molar-refractivity contribution < 1.29 is 29.6 Å². The largest absolute Gasteiger partial charge is 0.508 e. The zero-order valence-corrected chi connectivity index (χ0v) is 35.9. The van der Waals surface area contributed by atoms with Gasteiger partial charge in [0.2, 0.25) is 0 Å². The SMILES string of the molecule is CC1(C)C(=O)C(c2cccc(O)c2)CC2(C)C1C(O)CC1(C)C2CCC2=C(C(CC(O)C3OC3(C)C3CCCC3c3cccc(N)c3)C3CCCCC3)C(=O)CC21C. The van der Waals surface area contributed by atoms with E-state index in [1.54, 1.807) is 12.1 Å². The van der Waals surface area contributed by atoms with Crippen LogP contribution in [0.5, 0.6) is 5.75 Å². The average molecular weight is 792 g/mol. The molecule has 7 aliphatic rings. The van der Waals surface area contributed by atoms with Gasteiger partial charge in [0.15, 0.2) is 5.78 Å². The minimum Gasteiger partial charge on any atom is -0.508 e. The van der Waals surface area contributed by atoms with Gasteiger partial charge in [-0.3, -0.25) is 9.59 Å². The van der Waals surface area contributed by atoms with Crippen LogP contribution in [-0.2, 0) is 14.3 Å². The number of Topliss-reactive ketones (excluding diaryl/α,β-unsaturated/α-hetero) is 2. The number of phenolic OH excluding ortho intramolecular Hbond substituents is 1. The van der Waals surface area contributed by atoms with Crippen molar-refractivity contribution in [3.8, 4) is 5.75 Å². The maximum absolute atomic E-state index is 14.9. The van der Waals surface area contributed by atoms with E-state index >= 15 is 0 Å². The van der Waals surface area contributed by atoms with E-state index in [0.717, 1.165) is 74.6 Å². The second-order valence-electron chi connectivity index (χ2n) is 21.9. The lowest BCUT2D eigenvalue weighted by molar-refractivity contribution is -0.219. The van der Waals surface area contributed by atoms with Gasteiger partial charge in [-0.2, -0.15) is 0 Å². The topological polar surface area (TPSA) is 133 Å². The number of aromatic hydroxyl groups is 1. The highest BCUT2D eigenvalue weighted by Crippen LogP contribution is 2.75. The number of anilines is 1. The first-order valence-electron chi connectivity index (χ1n) is 22.9. The lowest BCUT2D eigenvalue weighted by atomic mass is 9.35. The number of fused-ring (bicyclic) bond motifs is 5. The fourth-order valence-corrected chi connectivity index (χ4v) is 16.0. The van der Waals surface area contributed by atoms with Gasteiger partial charge in [-0.05, 0) is 146 Å². The summed E-state index contributed by atoms with van der Waals surface area (Å²) in [4.78, 5) is 29.3. The van der Waals surface area contributed by atoms with Crippen LogP contribution in [0.25, 0.3) is 0 Å². The van der Waals surface area contributed by atoms with Crippen LogP contribution in [0.4, 0.5) is 5.69 Å². The van der Waals surface area contributed by atoms with Crippen molar-refractivity contribution >= 4 is 17.3 Å². The molecule has 1 heterocycles. The molecular weight excluding hydrogens is 723 g/mol. The van der Waals surface area contributed by atoms with Gasteiger partial charge in [-0.25, -0.2) is 0 Å². The number of epoxide rings is 1. The number of carbonyl (C=O) groups is 2. The highest BCUT2D eigenvalue weighted by molar-refractivity contribution is 6.01. The number of hydrogen-bond donors (Lipinski definition) is 4. The molecule has 5 N–H and O–H groups in total. The first kappa shape index (κ1) is 40.4. The van der Waals surface area contributed by atoms with E-state index in [9.17, 15) is 24.9 Å². The number of carbonyl (C=O) groups excluding carboxylic acids is 2. The van der Waals surface area contributed by atoms with Crippen molar-refractivity contribution in [2.75, 3.05) is 5.73 Å². The number of aliphatic hydroxyl groups excluding tert-OH is 2. The standard InChI is InChI=1S/C51H69NO6/c1-47(2)44-41(56)28-50(5)42(48(44,3)26-36(45(47)57)31-16-11-18-33(53)24-31)22-21-38-43(40(55)27-49(38,50)4)35(29-13-8-7-9-14-29)25-39(54)46-51(6,58-46)37-20-12-19-34(37)30-15-10-17-32(52)23-30/h10-11,15-18,23-24,29,34-37,39,41-42,44,46,53-54,56H,7-9,12-14,19-22,25-28,52H2,1-6H3. The van der Waals surface area contributed by atoms with E-state index in [2.05, 4.69) is 39.8 Å². The smallest absolute Gasteiger partial charge is 0.160 e. The van der Waals surface area contributed by atoms with Gasteiger partial charge in [0.25, 0.3) is 0 Å². The number of benzene rings is 2. The van der Waals surface area contributed by atoms with Crippen LogP contribution in [0, 0.1) is 51.2 Å². The van der Waals surface area contributed by atoms with Crippen LogP contribution < -0.4 is 5.73 Å². The molecule has 0 radical (unpaired) electrons. The van der Waals surface area contributed by atoms with Crippen LogP contribution in [0.1, 0.15) is 154 Å². The third-order valence-electron chi connectivity index (χ3n) is 18.6. The predicted molar refractivity (Wildman–Crippen MR) is 227 cm³/mol. The Morgan fingerprint density at radius 1 is 0.862 bits per heavy atom. The number of nitrogens with two attached hydrogens (primary N) is 1. The summed E-state index contributed by atoms with van der Waals surface area (Å²) in [6.07, 6.45) is 11.3. The summed E-state index contributed by atoms with van der Waals surface area (Å²) in [5, 5.41) is 35.1. The maximum Gasteiger partial charge on any atom is 0.160 e. The lowest BCUT2D eigenvalue weighted by Crippen LogP contribution is -2.67. The number of rotatable bonds is 8. The molecule has 0 aromatic heterocycles. The Morgan fingerprint density at radius 2 is 1.59 bits per heavy atom. The number of aliphatic hydroxyl groups is 2. The fourth-order valence-electron chi connectivity index (χ4n) is 16.0. The quantitative estimate of drug-likeness (QED) is 0.155. The number of ether oxygens (including phenoxy) is 1. The van der Waals surface area contributed by atoms with Crippen LogP contribution in [0.2, 0.25) is 0 Å². The van der Waals surface area contributed by atoms with Gasteiger partial charge < -0.3 is 25.8 Å². The average Bonchev–Trinajstić information content (AvgIpc) is 3.48. The van der Waals surface area contributed by atoms with Gasteiger partial charge in [0.05, 0.1) is 17.8 Å². The van der Waals surface area contributed by atoms with Gasteiger partial charge >= 0.3 is 0 Å². The molecule has 13 atom stereocenters. The molecule has 5 saturated carbocycles. The third-order valence-corrected chi connectivity index (χ3v) is 18.6. The monoisotopic (exact) mass is 792 g/mol. The molecule has 0 bridgehead atoms. The van der Waals surface area contributed by atoms with E-state index in [0.29, 0.717) is 43.4 Å². The Bertz CT molecular complexity index is 2000. The highest BCUT2D eigenvalue weighted by Gasteiger charge is 2.71. The van der Waals surface area contributed by atoms with Crippen molar-refractivity contribution in [2.45, 2.75) is 167 Å². The maximum atomic E-state index is 14.9. The first-order chi connectivity index (χ1) is 27.4. The third kappa shape index (κ3) is 5.97. The Kier molecular flexibility index (Phi) is 9.77. The molecular formula is C51H69NO6. The fraction of sp³-hybridized carbons (Fsp3) is 0.686. The van der Waals surface area contributed by atoms with E-state index in [4.69, 9.17) is 10.5 Å². The van der Waals surface area contributed by atoms with Crippen molar-refractivity contribution in [1.29, 1.82) is 0 Å². The number of ketones is 2. The summed E-state index contributed by atoms with van der Waals surface area (Å²) in [6.45, 7) is 13.3. The molecule has 13 unspecified atom stereocenters. The van der Waals surface area contributed by atoms with E-state index in [1.165, 1.54) is 17.6 Å². The zero-order valence-electron chi connectivity index (χ0n) is 35.9. The molecule has 6 fully saturated rings. The molecule has 1 aliphatic heterocycles. The molecule has 314 valence electrons. The Labute approximate surface area is 346 Å². The van der Waals surface area contributed by atoms with Crippen LogP contribution in [-0.4, -0.2) is 50.8 Å². The molecule has 7 heteroatoms. The predicted octanol–water partition coefficient (Wildman–Crippen LogP) is 9.82. The molecule has 0 spiro atoms. The van der Waals surface area contributed by atoms with Crippen molar-refractivity contribution in [2.24, 2.45) is 51.2 Å². The number of nitrogen functional groups attached to an aromatic ring is 1. The molecule has 58 heavy (non-hydrogen) atoms. The van der Waals surface area contributed by atoms with Gasteiger partial charge in [0.1, 0.15) is 17.6 Å². The number of phenols is 1. The molecule has 1 saturated heterocycles. The van der Waals surface area contributed by atoms with Gasteiger partial charge in [-0.1, -0.05) is 90.1 Å². The number of hydrogen-bond acceptors (Lipinski definition) is 7. The first-order valence-corrected chi connectivity index (χ1v) is 22.9. The van der Waals surface area contributed by atoms with Crippen molar-refractivity contribution in [3.63, 3.8) is 0 Å². The summed E-state index contributed by atoms with van der Waals surface area (Å²) in [7, 11) is 0. The summed E-state index contributed by atoms with van der Waals surface area (Å²) in [5.74, 6) is 1.17. The molecule has 7 nitrogen and oxygen atoms in total. The molecule has 0 amide bonds. The lowest BCUT2D eigenvalue weighted by Gasteiger charge is -2.69. The summed E-state index contributed by atoms with van der Waals surface area (Å²) >= 11 is 0. The Morgan fingerprint density at radius 3 is 2.31 bits per heavy atom. The normalized spacial score (nSPS) is 42.1. The minimum absolute atomic E-state index is 0.0141. The van der Waals surface area contributed by atoms with E-state index in [-0.39, 0.29) is 57.9 Å². The highest BCUT2D eigenvalue weighted by atomic mass is 16.6. The van der Waals surface area contributed by atoms with Gasteiger partial charge in [0, 0.05) is 34.8 Å². The second-order valence-corrected chi connectivity index (χ2v) is 21.9. The summed E-state index contributed by atoms with van der Waals surface area (Å²) in [6, 6.07) is 15.5. The van der Waals surface area contributed by atoms with Crippen molar-refractivity contribution in [3.05, 3.63) is 70.8 Å². The zero-order chi connectivity index (χ0) is 41.2. The van der Waals surface area contributed by atoms with Crippen LogP contribution in [0.3, 0.4) is 0 Å². The Balaban J connectivity index is 1.04. The van der Waals surface area contributed by atoms with Crippen LogP contribution >= 0.6 is 0 Å². The van der Waals surface area contributed by atoms with E-state index in [1.807, 2.05) is 38.1 Å². The number of allylic oxidation sites excluding steroid dienone is 2. The molecule has 9 rings (SSSR count).